The van der Waals surface area contributed by atoms with Crippen LogP contribution in [0.1, 0.15) is 12.5 Å². The van der Waals surface area contributed by atoms with E-state index in [0.717, 1.165) is 6.42 Å². The Labute approximate surface area is 156 Å². The van der Waals surface area contributed by atoms with Crippen molar-refractivity contribution in [2.24, 2.45) is 5.92 Å². The highest BCUT2D eigenvalue weighted by Gasteiger charge is 2.17. The van der Waals surface area contributed by atoms with Gasteiger partial charge in [-0.1, -0.05) is 54.2 Å². The van der Waals surface area contributed by atoms with Crippen LogP contribution in [-0.4, -0.2) is 20.5 Å². The third-order valence-electron chi connectivity index (χ3n) is 3.98. The molecule has 0 saturated heterocycles. The molecular weight excluding hydrogens is 347 g/mol. The molecule has 0 unspecified atom stereocenters. The normalized spacial score (nSPS) is 11.9. The Morgan fingerprint density at radius 3 is 2.58 bits per heavy atom. The molecule has 0 saturated carbocycles. The van der Waals surface area contributed by atoms with Gasteiger partial charge in [-0.2, -0.15) is 5.26 Å². The minimum Gasteiger partial charge on any atom is -0.302 e. The molecule has 4 nitrogen and oxygen atoms in total. The van der Waals surface area contributed by atoms with Crippen molar-refractivity contribution in [1.29, 1.82) is 5.26 Å². The number of rotatable bonds is 7. The van der Waals surface area contributed by atoms with Gasteiger partial charge >= 0.3 is 0 Å². The van der Waals surface area contributed by atoms with Crippen LogP contribution < -0.4 is 0 Å². The summed E-state index contributed by atoms with van der Waals surface area (Å²) < 4.78 is 16.2. The van der Waals surface area contributed by atoms with Crippen LogP contribution in [-0.2, 0) is 13.0 Å². The van der Waals surface area contributed by atoms with Crippen LogP contribution in [0.15, 0.2) is 59.8 Å². The zero-order chi connectivity index (χ0) is 18.4. The van der Waals surface area contributed by atoms with Crippen LogP contribution in [0.25, 0.3) is 11.4 Å². The summed E-state index contributed by atoms with van der Waals surface area (Å²) in [5, 5.41) is 18.2. The smallest absolute Gasteiger partial charge is 0.191 e. The van der Waals surface area contributed by atoms with Crippen LogP contribution in [0.5, 0.6) is 0 Å². The van der Waals surface area contributed by atoms with Crippen molar-refractivity contribution in [2.75, 3.05) is 5.75 Å². The molecule has 0 amide bonds. The number of nitrogens with zero attached hydrogens (tertiary/aromatic N) is 4. The van der Waals surface area contributed by atoms with E-state index in [1.165, 1.54) is 23.4 Å². The van der Waals surface area contributed by atoms with Gasteiger partial charge in [0.1, 0.15) is 5.82 Å². The third kappa shape index (κ3) is 4.30. The number of halogens is 1. The zero-order valence-electron chi connectivity index (χ0n) is 14.5. The molecule has 2 aromatic carbocycles. The average Bonchev–Trinajstić information content (AvgIpc) is 3.08. The molecule has 0 N–H and O–H groups in total. The highest BCUT2D eigenvalue weighted by molar-refractivity contribution is 7.99. The van der Waals surface area contributed by atoms with Gasteiger partial charge in [-0.15, -0.1) is 10.2 Å². The predicted octanol–water partition coefficient (Wildman–Crippen LogP) is 4.58. The molecule has 6 heteroatoms. The lowest BCUT2D eigenvalue weighted by atomic mass is 10.1. The van der Waals surface area contributed by atoms with E-state index in [1.54, 1.807) is 18.2 Å². The van der Waals surface area contributed by atoms with Gasteiger partial charge < -0.3 is 4.57 Å². The number of aryl methyl sites for hydroxylation is 1. The van der Waals surface area contributed by atoms with Crippen LogP contribution in [0, 0.1) is 23.1 Å². The van der Waals surface area contributed by atoms with E-state index in [0.29, 0.717) is 28.8 Å². The van der Waals surface area contributed by atoms with E-state index >= 15 is 0 Å². The second-order valence-electron chi connectivity index (χ2n) is 6.01. The molecule has 26 heavy (non-hydrogen) atoms. The molecule has 0 aliphatic carbocycles. The summed E-state index contributed by atoms with van der Waals surface area (Å²) in [4.78, 5) is 0. The minimum atomic E-state index is -0.317. The fourth-order valence-corrected chi connectivity index (χ4v) is 3.47. The number of benzene rings is 2. The first-order valence-corrected chi connectivity index (χ1v) is 9.42. The molecule has 1 heterocycles. The monoisotopic (exact) mass is 366 g/mol. The molecule has 0 aliphatic rings. The third-order valence-corrected chi connectivity index (χ3v) is 5.21. The summed E-state index contributed by atoms with van der Waals surface area (Å²) >= 11 is 1.48. The van der Waals surface area contributed by atoms with E-state index in [-0.39, 0.29) is 11.7 Å². The Kier molecular flexibility index (Phi) is 6.03. The number of hydrogen-bond acceptors (Lipinski definition) is 4. The van der Waals surface area contributed by atoms with Gasteiger partial charge in [-0.25, -0.2) is 4.39 Å². The number of nitriles is 1. The molecule has 0 bridgehead atoms. The van der Waals surface area contributed by atoms with Crippen LogP contribution in [0.2, 0.25) is 0 Å². The van der Waals surface area contributed by atoms with Crippen molar-refractivity contribution in [1.82, 2.24) is 14.8 Å². The summed E-state index contributed by atoms with van der Waals surface area (Å²) in [7, 11) is 0. The van der Waals surface area contributed by atoms with Crippen molar-refractivity contribution in [3.63, 3.8) is 0 Å². The molecular formula is C20H19FN4S. The lowest BCUT2D eigenvalue weighted by Gasteiger charge is -2.11. The van der Waals surface area contributed by atoms with E-state index in [9.17, 15) is 4.39 Å². The van der Waals surface area contributed by atoms with Crippen molar-refractivity contribution in [2.45, 2.75) is 25.0 Å². The molecule has 0 aliphatic heterocycles. The Morgan fingerprint density at radius 1 is 1.12 bits per heavy atom. The molecule has 3 aromatic rings. The zero-order valence-corrected chi connectivity index (χ0v) is 15.3. The molecule has 132 valence electrons. The standard InChI is InChI=1S/C20H19FN4S/c1-15(13-22)14-26-20-24-23-19(17-9-5-6-10-18(17)21)25(20)12-11-16-7-3-2-4-8-16/h2-10,15H,11-12,14H2,1H3/t15-/m1/s1. The van der Waals surface area contributed by atoms with E-state index < -0.39 is 0 Å². The lowest BCUT2D eigenvalue weighted by molar-refractivity contribution is 0.615. The van der Waals surface area contributed by atoms with Gasteiger partial charge in [0.25, 0.3) is 0 Å². The first kappa shape index (κ1) is 18.2. The van der Waals surface area contributed by atoms with Crippen molar-refractivity contribution >= 4 is 11.8 Å². The second kappa shape index (κ2) is 8.63. The van der Waals surface area contributed by atoms with Crippen LogP contribution in [0.4, 0.5) is 4.39 Å². The Balaban J connectivity index is 1.90. The summed E-state index contributed by atoms with van der Waals surface area (Å²) in [5.74, 6) is 0.738. The molecule has 0 fully saturated rings. The number of aromatic nitrogens is 3. The maximum Gasteiger partial charge on any atom is 0.191 e. The summed E-state index contributed by atoms with van der Waals surface area (Å²) in [6.45, 7) is 2.51. The number of thioether (sulfide) groups is 1. The van der Waals surface area contributed by atoms with Gasteiger partial charge in [0, 0.05) is 12.3 Å². The van der Waals surface area contributed by atoms with Crippen molar-refractivity contribution in [3.8, 4) is 17.5 Å². The first-order chi connectivity index (χ1) is 12.7. The van der Waals surface area contributed by atoms with Gasteiger partial charge in [0.05, 0.1) is 17.6 Å². The number of hydrogen-bond donors (Lipinski definition) is 0. The van der Waals surface area contributed by atoms with Gasteiger partial charge in [-0.05, 0) is 31.0 Å². The van der Waals surface area contributed by atoms with Crippen LogP contribution >= 0.6 is 11.8 Å². The second-order valence-corrected chi connectivity index (χ2v) is 7.00. The molecule has 1 aromatic heterocycles. The van der Waals surface area contributed by atoms with E-state index in [1.807, 2.05) is 29.7 Å². The van der Waals surface area contributed by atoms with E-state index in [4.69, 9.17) is 5.26 Å². The lowest BCUT2D eigenvalue weighted by Crippen LogP contribution is -2.07. The summed E-state index contributed by atoms with van der Waals surface area (Å²) in [6, 6.07) is 18.9. The molecule has 3 rings (SSSR count). The molecule has 1 atom stereocenters. The molecule has 0 spiro atoms. The average molecular weight is 366 g/mol. The van der Waals surface area contributed by atoms with Gasteiger partial charge in [-0.3, -0.25) is 0 Å². The summed E-state index contributed by atoms with van der Waals surface area (Å²) in [6.07, 6.45) is 0.793. The molecule has 0 radical (unpaired) electrons. The fourth-order valence-electron chi connectivity index (χ4n) is 2.56. The highest BCUT2D eigenvalue weighted by atomic mass is 32.2. The Bertz CT molecular complexity index is 902. The summed E-state index contributed by atoms with van der Waals surface area (Å²) in [5.41, 5.74) is 1.63. The Morgan fingerprint density at radius 2 is 1.85 bits per heavy atom. The van der Waals surface area contributed by atoms with Crippen molar-refractivity contribution in [3.05, 3.63) is 66.0 Å². The largest absolute Gasteiger partial charge is 0.302 e. The van der Waals surface area contributed by atoms with Gasteiger partial charge in [0.15, 0.2) is 11.0 Å². The first-order valence-electron chi connectivity index (χ1n) is 8.43. The Hall–Kier alpha value is -2.65. The minimum absolute atomic E-state index is 0.0869. The topological polar surface area (TPSA) is 54.5 Å². The van der Waals surface area contributed by atoms with E-state index in [2.05, 4.69) is 28.4 Å². The van der Waals surface area contributed by atoms with Gasteiger partial charge in [0.2, 0.25) is 0 Å². The quantitative estimate of drug-likeness (QED) is 0.574. The SMILES string of the molecule is C[C@H](C#N)CSc1nnc(-c2ccccc2F)n1CCc1ccccc1. The maximum atomic E-state index is 14.3. The highest BCUT2D eigenvalue weighted by Crippen LogP contribution is 2.27. The van der Waals surface area contributed by atoms with Crippen molar-refractivity contribution < 1.29 is 4.39 Å². The fraction of sp³-hybridized carbons (Fsp3) is 0.250. The predicted molar refractivity (Wildman–Crippen MR) is 101 cm³/mol. The maximum absolute atomic E-state index is 14.3. The van der Waals surface area contributed by atoms with Crippen LogP contribution in [0.3, 0.4) is 0 Å².